The predicted molar refractivity (Wildman–Crippen MR) is 57.2 cm³/mol. The van der Waals surface area contributed by atoms with Crippen LogP contribution in [0.15, 0.2) is 12.1 Å². The Balaban J connectivity index is 3.27. The number of halogens is 1. The highest BCUT2D eigenvalue weighted by Gasteiger charge is 2.12. The van der Waals surface area contributed by atoms with Crippen LogP contribution in [0, 0.1) is 6.92 Å². The van der Waals surface area contributed by atoms with Gasteiger partial charge in [-0.2, -0.15) is 0 Å². The molecule has 0 amide bonds. The van der Waals surface area contributed by atoms with Crippen LogP contribution in [0.4, 0.5) is 5.69 Å². The van der Waals surface area contributed by atoms with Gasteiger partial charge in [-0.1, -0.05) is 0 Å². The Morgan fingerprint density at radius 2 is 2.21 bits per heavy atom. The number of nitrogen functional groups attached to an aromatic ring is 1. The number of nitrogens with two attached hydrogens (primary N) is 1. The molecular formula is C10H12ClNO2. The number of hydrogen-bond donors (Lipinski definition) is 1. The minimum absolute atomic E-state index is 0.0558. The number of aryl methyl sites for hydroxylation is 1. The molecule has 1 rings (SSSR count). The average molecular weight is 214 g/mol. The zero-order valence-electron chi connectivity index (χ0n) is 8.13. The van der Waals surface area contributed by atoms with Crippen molar-refractivity contribution in [3.63, 3.8) is 0 Å². The van der Waals surface area contributed by atoms with E-state index in [1.165, 1.54) is 7.11 Å². The third-order valence-electron chi connectivity index (χ3n) is 2.01. The lowest BCUT2D eigenvalue weighted by molar-refractivity contribution is 0.101. The Morgan fingerprint density at radius 3 is 2.71 bits per heavy atom. The van der Waals surface area contributed by atoms with Gasteiger partial charge in [-0.05, 0) is 18.6 Å². The van der Waals surface area contributed by atoms with E-state index in [0.29, 0.717) is 17.0 Å². The van der Waals surface area contributed by atoms with Crippen molar-refractivity contribution in [3.8, 4) is 5.75 Å². The van der Waals surface area contributed by atoms with Gasteiger partial charge in [0.2, 0.25) is 0 Å². The Morgan fingerprint density at radius 1 is 1.57 bits per heavy atom. The minimum Gasteiger partial charge on any atom is -0.496 e. The first-order valence-corrected chi connectivity index (χ1v) is 4.67. The number of Topliss-reactive ketones (excluding diaryl/α,β-unsaturated/α-hetero) is 1. The summed E-state index contributed by atoms with van der Waals surface area (Å²) >= 11 is 5.47. The van der Waals surface area contributed by atoms with Crippen molar-refractivity contribution in [1.29, 1.82) is 0 Å². The Labute approximate surface area is 87.8 Å². The lowest BCUT2D eigenvalue weighted by atomic mass is 10.1. The number of carbonyl (C=O) groups excluding carboxylic acids is 1. The third-order valence-corrected chi connectivity index (χ3v) is 2.25. The van der Waals surface area contributed by atoms with Gasteiger partial charge in [-0.15, -0.1) is 11.6 Å². The number of methoxy groups -OCH3 is 1. The minimum atomic E-state index is -0.161. The summed E-state index contributed by atoms with van der Waals surface area (Å²) in [7, 11) is 1.50. The van der Waals surface area contributed by atoms with Gasteiger partial charge in [0.05, 0.1) is 18.6 Å². The topological polar surface area (TPSA) is 52.3 Å². The van der Waals surface area contributed by atoms with E-state index in [0.717, 1.165) is 5.56 Å². The lowest BCUT2D eigenvalue weighted by Gasteiger charge is -2.09. The third kappa shape index (κ3) is 1.99. The first-order chi connectivity index (χ1) is 6.60. The first-order valence-electron chi connectivity index (χ1n) is 4.13. The zero-order chi connectivity index (χ0) is 10.7. The number of alkyl halides is 1. The summed E-state index contributed by atoms with van der Waals surface area (Å²) in [5.41, 5.74) is 7.61. The predicted octanol–water partition coefficient (Wildman–Crippen LogP) is 2.01. The van der Waals surface area contributed by atoms with Crippen LogP contribution in [0.2, 0.25) is 0 Å². The summed E-state index contributed by atoms with van der Waals surface area (Å²) < 4.78 is 5.04. The van der Waals surface area contributed by atoms with Crippen molar-refractivity contribution in [3.05, 3.63) is 23.3 Å². The second kappa shape index (κ2) is 4.33. The molecule has 0 aromatic heterocycles. The molecule has 0 aliphatic heterocycles. The van der Waals surface area contributed by atoms with Crippen LogP contribution < -0.4 is 10.5 Å². The fraction of sp³-hybridized carbons (Fsp3) is 0.300. The van der Waals surface area contributed by atoms with Crippen LogP contribution in [0.5, 0.6) is 5.75 Å². The summed E-state index contributed by atoms with van der Waals surface area (Å²) in [5, 5.41) is 0. The number of rotatable bonds is 3. The molecular weight excluding hydrogens is 202 g/mol. The summed E-state index contributed by atoms with van der Waals surface area (Å²) in [5.74, 6) is 0.255. The molecule has 76 valence electrons. The van der Waals surface area contributed by atoms with Gasteiger partial charge in [0.15, 0.2) is 5.78 Å². The van der Waals surface area contributed by atoms with Gasteiger partial charge in [-0.25, -0.2) is 0 Å². The van der Waals surface area contributed by atoms with E-state index >= 15 is 0 Å². The SMILES string of the molecule is COc1cc(N)c(C)cc1C(=O)CCl. The number of ether oxygens (including phenoxy) is 1. The Bertz CT molecular complexity index is 363. The molecule has 4 heteroatoms. The molecule has 0 spiro atoms. The second-order valence-corrected chi connectivity index (χ2v) is 3.23. The largest absolute Gasteiger partial charge is 0.496 e. The van der Waals surface area contributed by atoms with Crippen molar-refractivity contribution < 1.29 is 9.53 Å². The first kappa shape index (κ1) is 10.9. The molecule has 0 bridgehead atoms. The van der Waals surface area contributed by atoms with E-state index in [1.54, 1.807) is 12.1 Å². The van der Waals surface area contributed by atoms with Crippen LogP contribution in [-0.2, 0) is 0 Å². The number of carbonyl (C=O) groups is 1. The maximum atomic E-state index is 11.4. The standard InChI is InChI=1S/C10H12ClNO2/c1-6-3-7(9(13)5-11)10(14-2)4-8(6)12/h3-4H,5,12H2,1-2H3. The molecule has 0 saturated carbocycles. The van der Waals surface area contributed by atoms with Gasteiger partial charge in [0.1, 0.15) is 5.75 Å². The van der Waals surface area contributed by atoms with Crippen LogP contribution in [-0.4, -0.2) is 18.8 Å². The fourth-order valence-corrected chi connectivity index (χ4v) is 1.31. The van der Waals surface area contributed by atoms with Gasteiger partial charge in [0.25, 0.3) is 0 Å². The van der Waals surface area contributed by atoms with Crippen molar-refractivity contribution in [2.45, 2.75) is 6.92 Å². The number of anilines is 1. The van der Waals surface area contributed by atoms with Crippen LogP contribution >= 0.6 is 11.6 Å². The lowest BCUT2D eigenvalue weighted by Crippen LogP contribution is -2.05. The van der Waals surface area contributed by atoms with Crippen LogP contribution in [0.1, 0.15) is 15.9 Å². The van der Waals surface area contributed by atoms with Gasteiger partial charge < -0.3 is 10.5 Å². The normalized spacial score (nSPS) is 9.93. The monoisotopic (exact) mass is 213 g/mol. The number of hydrogen-bond acceptors (Lipinski definition) is 3. The Hall–Kier alpha value is -1.22. The van der Waals surface area contributed by atoms with Gasteiger partial charge >= 0.3 is 0 Å². The van der Waals surface area contributed by atoms with E-state index in [9.17, 15) is 4.79 Å². The van der Waals surface area contributed by atoms with Crippen molar-refractivity contribution in [2.75, 3.05) is 18.7 Å². The van der Waals surface area contributed by atoms with Crippen molar-refractivity contribution >= 4 is 23.1 Å². The number of benzene rings is 1. The maximum Gasteiger partial charge on any atom is 0.181 e. The van der Waals surface area contributed by atoms with E-state index in [2.05, 4.69) is 0 Å². The molecule has 0 atom stereocenters. The Kier molecular flexibility index (Phi) is 3.36. The quantitative estimate of drug-likeness (QED) is 0.475. The summed E-state index contributed by atoms with van der Waals surface area (Å²) in [6.45, 7) is 1.83. The highest BCUT2D eigenvalue weighted by atomic mass is 35.5. The smallest absolute Gasteiger partial charge is 0.181 e. The molecule has 1 aromatic carbocycles. The molecule has 0 radical (unpaired) electrons. The van der Waals surface area contributed by atoms with E-state index in [1.807, 2.05) is 6.92 Å². The number of ketones is 1. The molecule has 14 heavy (non-hydrogen) atoms. The van der Waals surface area contributed by atoms with Crippen molar-refractivity contribution in [1.82, 2.24) is 0 Å². The molecule has 0 unspecified atom stereocenters. The summed E-state index contributed by atoms with van der Waals surface area (Å²) in [6, 6.07) is 3.33. The molecule has 0 saturated heterocycles. The molecule has 3 nitrogen and oxygen atoms in total. The van der Waals surface area contributed by atoms with Gasteiger partial charge in [-0.3, -0.25) is 4.79 Å². The van der Waals surface area contributed by atoms with Crippen molar-refractivity contribution in [2.24, 2.45) is 0 Å². The second-order valence-electron chi connectivity index (χ2n) is 2.97. The average Bonchev–Trinajstić information content (AvgIpc) is 2.20. The maximum absolute atomic E-state index is 11.4. The highest BCUT2D eigenvalue weighted by Crippen LogP contribution is 2.25. The molecule has 1 aromatic rings. The van der Waals surface area contributed by atoms with E-state index in [-0.39, 0.29) is 11.7 Å². The van der Waals surface area contributed by atoms with E-state index in [4.69, 9.17) is 22.1 Å². The molecule has 0 aliphatic rings. The molecule has 2 N–H and O–H groups in total. The zero-order valence-corrected chi connectivity index (χ0v) is 8.89. The summed E-state index contributed by atoms with van der Waals surface area (Å²) in [4.78, 5) is 11.4. The van der Waals surface area contributed by atoms with Gasteiger partial charge in [0, 0.05) is 11.8 Å². The summed E-state index contributed by atoms with van der Waals surface area (Å²) in [6.07, 6.45) is 0. The van der Waals surface area contributed by atoms with E-state index < -0.39 is 0 Å². The molecule has 0 fully saturated rings. The highest BCUT2D eigenvalue weighted by molar-refractivity contribution is 6.30. The van der Waals surface area contributed by atoms with Crippen LogP contribution in [0.25, 0.3) is 0 Å². The molecule has 0 heterocycles. The fourth-order valence-electron chi connectivity index (χ4n) is 1.16. The molecule has 0 aliphatic carbocycles. The van der Waals surface area contributed by atoms with Crippen LogP contribution in [0.3, 0.4) is 0 Å².